The average Bonchev–Trinajstić information content (AvgIpc) is 3.33. The molecule has 0 unspecified atom stereocenters. The lowest BCUT2D eigenvalue weighted by Gasteiger charge is -2.32. The van der Waals surface area contributed by atoms with Crippen LogP contribution in [0.2, 0.25) is 5.02 Å². The average molecular weight is 464 g/mol. The maximum atomic E-state index is 13.2. The second-order valence-electron chi connectivity index (χ2n) is 8.82. The Hall–Kier alpha value is -2.76. The molecule has 0 amide bonds. The van der Waals surface area contributed by atoms with Gasteiger partial charge in [0.15, 0.2) is 0 Å². The van der Waals surface area contributed by atoms with Crippen molar-refractivity contribution in [3.63, 3.8) is 0 Å². The Morgan fingerprint density at radius 1 is 0.970 bits per heavy atom. The van der Waals surface area contributed by atoms with Crippen LogP contribution in [0.15, 0.2) is 65.6 Å². The summed E-state index contributed by atoms with van der Waals surface area (Å²) in [6.45, 7) is 6.51. The van der Waals surface area contributed by atoms with Gasteiger partial charge in [-0.1, -0.05) is 23.7 Å². The van der Waals surface area contributed by atoms with Gasteiger partial charge in [0.1, 0.15) is 11.3 Å². The number of piperidine rings is 1. The number of ether oxygens (including phenoxy) is 1. The second kappa shape index (κ2) is 9.62. The molecule has 1 aliphatic heterocycles. The predicted molar refractivity (Wildman–Crippen MR) is 135 cm³/mol. The van der Waals surface area contributed by atoms with Gasteiger partial charge in [0.25, 0.3) is 5.56 Å². The van der Waals surface area contributed by atoms with E-state index in [2.05, 4.69) is 17.0 Å². The van der Waals surface area contributed by atoms with Crippen molar-refractivity contribution in [3.05, 3.63) is 81.7 Å². The zero-order chi connectivity index (χ0) is 22.8. The summed E-state index contributed by atoms with van der Waals surface area (Å²) in [7, 11) is 0. The Balaban J connectivity index is 1.27. The Morgan fingerprint density at radius 3 is 2.52 bits per heavy atom. The van der Waals surface area contributed by atoms with E-state index in [-0.39, 0.29) is 5.56 Å². The van der Waals surface area contributed by atoms with Crippen molar-refractivity contribution in [2.75, 3.05) is 26.2 Å². The molecule has 0 bridgehead atoms. The maximum absolute atomic E-state index is 13.2. The summed E-state index contributed by atoms with van der Waals surface area (Å²) in [4.78, 5) is 15.7. The molecule has 0 N–H and O–H groups in total. The van der Waals surface area contributed by atoms with Gasteiger partial charge in [-0.25, -0.2) is 0 Å². The molecule has 0 aliphatic carbocycles. The Labute approximate surface area is 199 Å². The van der Waals surface area contributed by atoms with Crippen LogP contribution in [-0.4, -0.2) is 40.1 Å². The molecule has 33 heavy (non-hydrogen) atoms. The fourth-order valence-corrected chi connectivity index (χ4v) is 5.22. The van der Waals surface area contributed by atoms with Crippen LogP contribution in [0.4, 0.5) is 0 Å². The Kier molecular flexibility index (Phi) is 6.43. The van der Waals surface area contributed by atoms with Gasteiger partial charge in [-0.15, -0.1) is 0 Å². The highest BCUT2D eigenvalue weighted by Gasteiger charge is 2.20. The summed E-state index contributed by atoms with van der Waals surface area (Å²) >= 11 is 6.04. The molecule has 2 aromatic carbocycles. The molecule has 5 nitrogen and oxygen atoms in total. The maximum Gasteiger partial charge on any atom is 0.275 e. The van der Waals surface area contributed by atoms with Crippen LogP contribution < -0.4 is 10.3 Å². The lowest BCUT2D eigenvalue weighted by Crippen LogP contribution is -2.34. The van der Waals surface area contributed by atoms with Crippen molar-refractivity contribution in [2.45, 2.75) is 38.6 Å². The number of aromatic nitrogens is 2. The highest BCUT2D eigenvalue weighted by Crippen LogP contribution is 2.29. The Morgan fingerprint density at radius 2 is 1.76 bits per heavy atom. The third-order valence-electron chi connectivity index (χ3n) is 6.81. The number of nitrogens with zero attached hydrogens (tertiary/aromatic N) is 3. The predicted octanol–water partition coefficient (Wildman–Crippen LogP) is 5.58. The number of halogens is 1. The fourth-order valence-electron chi connectivity index (χ4n) is 5.09. The van der Waals surface area contributed by atoms with Crippen molar-refractivity contribution in [1.29, 1.82) is 0 Å². The van der Waals surface area contributed by atoms with Crippen molar-refractivity contribution in [1.82, 2.24) is 13.9 Å². The monoisotopic (exact) mass is 463 g/mol. The molecule has 1 saturated heterocycles. The number of benzene rings is 2. The molecule has 2 aromatic heterocycles. The van der Waals surface area contributed by atoms with E-state index in [1.54, 1.807) is 0 Å². The van der Waals surface area contributed by atoms with E-state index in [1.165, 1.54) is 18.4 Å². The number of hydrogen-bond acceptors (Lipinski definition) is 3. The van der Waals surface area contributed by atoms with E-state index >= 15 is 0 Å². The molecule has 0 radical (unpaired) electrons. The van der Waals surface area contributed by atoms with Gasteiger partial charge in [-0.3, -0.25) is 4.79 Å². The van der Waals surface area contributed by atoms with Crippen LogP contribution in [0.5, 0.6) is 5.75 Å². The zero-order valence-electron chi connectivity index (χ0n) is 19.0. The van der Waals surface area contributed by atoms with Crippen LogP contribution in [0.3, 0.4) is 0 Å². The highest BCUT2D eigenvalue weighted by molar-refractivity contribution is 6.30. The smallest absolute Gasteiger partial charge is 0.275 e. The van der Waals surface area contributed by atoms with Gasteiger partial charge in [0.05, 0.1) is 17.6 Å². The highest BCUT2D eigenvalue weighted by atomic mass is 35.5. The zero-order valence-corrected chi connectivity index (χ0v) is 19.8. The molecule has 5 rings (SSSR count). The minimum absolute atomic E-state index is 0.0677. The summed E-state index contributed by atoms with van der Waals surface area (Å²) in [5, 5.41) is 0.798. The van der Waals surface area contributed by atoms with E-state index < -0.39 is 0 Å². The number of likely N-dealkylation sites (tertiary alicyclic amines) is 1. The molecule has 0 spiro atoms. The molecule has 0 atom stereocenters. The van der Waals surface area contributed by atoms with E-state index in [0.29, 0.717) is 24.6 Å². The quantitative estimate of drug-likeness (QED) is 0.359. The molecule has 0 saturated carbocycles. The van der Waals surface area contributed by atoms with Gasteiger partial charge in [0, 0.05) is 23.8 Å². The second-order valence-corrected chi connectivity index (χ2v) is 9.26. The number of aryl methyl sites for hydroxylation is 1. The van der Waals surface area contributed by atoms with E-state index in [9.17, 15) is 4.79 Å². The van der Waals surface area contributed by atoms with Crippen LogP contribution in [-0.2, 0) is 6.54 Å². The minimum Gasteiger partial charge on any atom is -0.494 e. The van der Waals surface area contributed by atoms with E-state index in [0.717, 1.165) is 47.9 Å². The molecule has 3 heterocycles. The van der Waals surface area contributed by atoms with Crippen LogP contribution >= 0.6 is 11.6 Å². The first kappa shape index (κ1) is 22.1. The normalized spacial score (nSPS) is 15.5. The third kappa shape index (κ3) is 4.53. The van der Waals surface area contributed by atoms with Gasteiger partial charge in [-0.2, -0.15) is 0 Å². The first-order chi connectivity index (χ1) is 16.1. The van der Waals surface area contributed by atoms with Crippen LogP contribution in [0.25, 0.3) is 16.6 Å². The lowest BCUT2D eigenvalue weighted by atomic mass is 9.89. The molecule has 1 aliphatic rings. The van der Waals surface area contributed by atoms with Crippen LogP contribution in [0, 0.1) is 0 Å². The molecule has 4 aromatic rings. The topological polar surface area (TPSA) is 38.9 Å². The van der Waals surface area contributed by atoms with Crippen LogP contribution in [0.1, 0.15) is 37.7 Å². The van der Waals surface area contributed by atoms with Gasteiger partial charge in [-0.05, 0) is 93.7 Å². The largest absolute Gasteiger partial charge is 0.494 e. The SMILES string of the molecule is CCOc1ccc2c(c1)n1cccc1c(=O)n2CCCN1CCC(c2ccc(Cl)cc2)CC1. The van der Waals surface area contributed by atoms with E-state index in [1.807, 2.05) is 64.6 Å². The molecular weight excluding hydrogens is 434 g/mol. The van der Waals surface area contributed by atoms with Crippen molar-refractivity contribution in [2.24, 2.45) is 0 Å². The molecule has 172 valence electrons. The first-order valence-corrected chi connectivity index (χ1v) is 12.3. The summed E-state index contributed by atoms with van der Waals surface area (Å²) in [6, 6.07) is 18.1. The lowest BCUT2D eigenvalue weighted by molar-refractivity contribution is 0.207. The molecule has 6 heteroatoms. The van der Waals surface area contributed by atoms with E-state index in [4.69, 9.17) is 16.3 Å². The Bertz CT molecular complexity index is 1300. The van der Waals surface area contributed by atoms with Crippen molar-refractivity contribution in [3.8, 4) is 5.75 Å². The summed E-state index contributed by atoms with van der Waals surface area (Å²) in [5.74, 6) is 1.44. The standard InChI is InChI=1S/C27H30ClN3O2/c1-2-33-23-10-11-24-26(19-23)30-15-3-5-25(30)27(32)31(24)16-4-14-29-17-12-21(13-18-29)20-6-8-22(28)9-7-20/h3,5-11,15,19,21H,2,4,12-14,16-18H2,1H3. The summed E-state index contributed by atoms with van der Waals surface area (Å²) < 4.78 is 9.60. The first-order valence-electron chi connectivity index (χ1n) is 11.9. The minimum atomic E-state index is 0.0677. The van der Waals surface area contributed by atoms with Gasteiger partial charge < -0.3 is 18.6 Å². The molecule has 1 fully saturated rings. The number of rotatable bonds is 7. The number of hydrogen-bond donors (Lipinski definition) is 0. The summed E-state index contributed by atoms with van der Waals surface area (Å²) in [5.41, 5.74) is 4.12. The third-order valence-corrected chi connectivity index (χ3v) is 7.06. The number of fused-ring (bicyclic) bond motifs is 3. The van der Waals surface area contributed by atoms with Crippen molar-refractivity contribution < 1.29 is 4.74 Å². The van der Waals surface area contributed by atoms with Gasteiger partial charge >= 0.3 is 0 Å². The fraction of sp³-hybridized carbons (Fsp3) is 0.370. The summed E-state index contributed by atoms with van der Waals surface area (Å²) in [6.07, 6.45) is 5.23. The van der Waals surface area contributed by atoms with Gasteiger partial charge in [0.2, 0.25) is 0 Å². The molecular formula is C27H30ClN3O2. The van der Waals surface area contributed by atoms with Crippen molar-refractivity contribution >= 4 is 28.2 Å².